The van der Waals surface area contributed by atoms with Crippen molar-refractivity contribution in [3.63, 3.8) is 0 Å². The van der Waals surface area contributed by atoms with Crippen LogP contribution in [0.25, 0.3) is 22.4 Å². The number of methoxy groups -OCH3 is 1. The maximum atomic E-state index is 13.4. The average molecular weight is 650 g/mol. The summed E-state index contributed by atoms with van der Waals surface area (Å²) in [6, 6.07) is 12.8. The fourth-order valence-electron chi connectivity index (χ4n) is 5.85. The molecule has 2 aromatic carbocycles. The quantitative estimate of drug-likeness (QED) is 0.239. The van der Waals surface area contributed by atoms with E-state index in [0.29, 0.717) is 94.5 Å². The van der Waals surface area contributed by atoms with Crippen molar-refractivity contribution in [3.8, 4) is 28.3 Å². The number of halogens is 2. The number of ether oxygens (including phenoxy) is 1. The summed E-state index contributed by atoms with van der Waals surface area (Å²) in [5, 5.41) is 22.6. The molecule has 0 aliphatic carbocycles. The molecule has 12 heteroatoms. The number of fused-ring (bicyclic) bond motifs is 1. The number of nitrogens with one attached hydrogen (secondary N) is 1. The SMILES string of the molecule is COc1nc(-c2cccc(-c3cccc(NC(=O)c4cc(C)c5c(n4)CCN(CCO)C5)c3Cl)c2Cl)cnc1CN1CC(O)C1. The molecular weight excluding hydrogens is 615 g/mol. The molecule has 10 nitrogen and oxygen atoms in total. The lowest BCUT2D eigenvalue weighted by Crippen LogP contribution is -2.50. The molecule has 2 aliphatic rings. The molecule has 1 fully saturated rings. The van der Waals surface area contributed by atoms with Crippen LogP contribution in [-0.2, 0) is 19.5 Å². The van der Waals surface area contributed by atoms with Crippen LogP contribution in [0.2, 0.25) is 10.0 Å². The van der Waals surface area contributed by atoms with Crippen LogP contribution in [0.15, 0.2) is 48.7 Å². The van der Waals surface area contributed by atoms with E-state index in [2.05, 4.69) is 30.1 Å². The number of aromatic nitrogens is 3. The number of hydrogen-bond donors (Lipinski definition) is 3. The predicted molar refractivity (Wildman–Crippen MR) is 174 cm³/mol. The van der Waals surface area contributed by atoms with Crippen molar-refractivity contribution in [1.29, 1.82) is 0 Å². The van der Waals surface area contributed by atoms with E-state index in [-0.39, 0.29) is 18.6 Å². The van der Waals surface area contributed by atoms with Gasteiger partial charge >= 0.3 is 0 Å². The second kappa shape index (κ2) is 13.4. The van der Waals surface area contributed by atoms with Gasteiger partial charge < -0.3 is 20.3 Å². The normalized spacial score (nSPS) is 15.4. The third-order valence-corrected chi connectivity index (χ3v) is 9.07. The van der Waals surface area contributed by atoms with Crippen molar-refractivity contribution in [2.75, 3.05) is 45.2 Å². The third kappa shape index (κ3) is 6.53. The van der Waals surface area contributed by atoms with Gasteiger partial charge in [-0.2, -0.15) is 0 Å². The van der Waals surface area contributed by atoms with Gasteiger partial charge in [-0.3, -0.25) is 19.6 Å². The summed E-state index contributed by atoms with van der Waals surface area (Å²) >= 11 is 13.9. The fourth-order valence-corrected chi connectivity index (χ4v) is 6.45. The Morgan fingerprint density at radius 1 is 1.07 bits per heavy atom. The van der Waals surface area contributed by atoms with Gasteiger partial charge in [0.05, 0.1) is 47.4 Å². The Bertz CT molecular complexity index is 1750. The predicted octanol–water partition coefficient (Wildman–Crippen LogP) is 4.61. The fraction of sp³-hybridized carbons (Fsp3) is 0.333. The van der Waals surface area contributed by atoms with Crippen molar-refractivity contribution in [3.05, 3.63) is 86.9 Å². The van der Waals surface area contributed by atoms with Gasteiger partial charge in [-0.15, -0.1) is 0 Å². The van der Waals surface area contributed by atoms with E-state index in [0.717, 1.165) is 23.4 Å². The Labute approximate surface area is 271 Å². The number of anilines is 1. The zero-order chi connectivity index (χ0) is 31.7. The number of β-amino-alcohol motifs (C(OH)–C–C–N with tert-alkyl or cyclic N) is 2. The maximum Gasteiger partial charge on any atom is 0.274 e. The highest BCUT2D eigenvalue weighted by atomic mass is 35.5. The summed E-state index contributed by atoms with van der Waals surface area (Å²) in [7, 11) is 1.55. The molecule has 4 heterocycles. The number of carbonyl (C=O) groups is 1. The standard InChI is InChI=1S/C33H34Cl2N6O4/c1-19-13-27(37-25-9-10-40(11-12-42)17-24(19)25)32(44)38-26-8-4-6-22(31(26)35)21-5-3-7-23(30(21)34)28-14-36-29(33(39-28)45-2)18-41-15-20(43)16-41/h3-8,13-14,20,42-43H,9-12,15-18H2,1-2H3,(H,38,44). The lowest BCUT2D eigenvalue weighted by atomic mass is 9.99. The largest absolute Gasteiger partial charge is 0.480 e. The van der Waals surface area contributed by atoms with E-state index in [4.69, 9.17) is 27.9 Å². The summed E-state index contributed by atoms with van der Waals surface area (Å²) in [5.41, 5.74) is 6.96. The first kappa shape index (κ1) is 31.3. The summed E-state index contributed by atoms with van der Waals surface area (Å²) in [6.45, 7) is 5.90. The van der Waals surface area contributed by atoms with E-state index < -0.39 is 0 Å². The second-order valence-corrected chi connectivity index (χ2v) is 12.1. The summed E-state index contributed by atoms with van der Waals surface area (Å²) < 4.78 is 5.54. The van der Waals surface area contributed by atoms with Gasteiger partial charge in [0.25, 0.3) is 5.91 Å². The van der Waals surface area contributed by atoms with E-state index in [1.807, 2.05) is 37.3 Å². The van der Waals surface area contributed by atoms with Gasteiger partial charge in [0.1, 0.15) is 11.4 Å². The first-order chi connectivity index (χ1) is 21.7. The molecule has 45 heavy (non-hydrogen) atoms. The smallest absolute Gasteiger partial charge is 0.274 e. The third-order valence-electron chi connectivity index (χ3n) is 8.26. The first-order valence-electron chi connectivity index (χ1n) is 14.8. The Balaban J connectivity index is 1.24. The van der Waals surface area contributed by atoms with Crippen LogP contribution in [0.3, 0.4) is 0 Å². The molecule has 1 amide bonds. The Hall–Kier alpha value is -3.64. The van der Waals surface area contributed by atoms with Gasteiger partial charge in [-0.1, -0.05) is 53.5 Å². The molecule has 0 bridgehead atoms. The molecule has 0 atom stereocenters. The van der Waals surface area contributed by atoms with Crippen molar-refractivity contribution >= 4 is 34.8 Å². The number of pyridine rings is 1. The minimum absolute atomic E-state index is 0.111. The van der Waals surface area contributed by atoms with Crippen LogP contribution in [0, 0.1) is 6.92 Å². The molecule has 1 saturated heterocycles. The zero-order valence-corrected chi connectivity index (χ0v) is 26.6. The van der Waals surface area contributed by atoms with Crippen molar-refractivity contribution < 1.29 is 19.7 Å². The molecule has 3 N–H and O–H groups in total. The van der Waals surface area contributed by atoms with Crippen LogP contribution in [0.4, 0.5) is 5.69 Å². The van der Waals surface area contributed by atoms with Gasteiger partial charge in [-0.25, -0.2) is 9.97 Å². The topological polar surface area (TPSA) is 124 Å². The van der Waals surface area contributed by atoms with E-state index in [9.17, 15) is 15.0 Å². The van der Waals surface area contributed by atoms with Gasteiger partial charge in [0, 0.05) is 68.1 Å². The van der Waals surface area contributed by atoms with Crippen LogP contribution in [-0.4, -0.2) is 86.9 Å². The number of rotatable bonds is 9. The average Bonchev–Trinajstić information content (AvgIpc) is 3.02. The minimum Gasteiger partial charge on any atom is -0.480 e. The molecule has 6 rings (SSSR count). The van der Waals surface area contributed by atoms with Crippen LogP contribution in [0.5, 0.6) is 5.88 Å². The number of nitrogens with zero attached hydrogens (tertiary/aromatic N) is 5. The van der Waals surface area contributed by atoms with Crippen molar-refractivity contribution in [2.45, 2.75) is 32.5 Å². The summed E-state index contributed by atoms with van der Waals surface area (Å²) in [6.07, 6.45) is 2.07. The molecule has 0 saturated carbocycles. The Morgan fingerprint density at radius 2 is 1.80 bits per heavy atom. The number of carbonyl (C=O) groups excluding carboxylic acids is 1. The van der Waals surface area contributed by atoms with Gasteiger partial charge in [0.15, 0.2) is 0 Å². The van der Waals surface area contributed by atoms with Gasteiger partial charge in [0.2, 0.25) is 5.88 Å². The molecule has 4 aromatic rings. The lowest BCUT2D eigenvalue weighted by Gasteiger charge is -2.35. The Kier molecular flexibility index (Phi) is 9.32. The number of aryl methyl sites for hydroxylation is 1. The van der Waals surface area contributed by atoms with E-state index >= 15 is 0 Å². The van der Waals surface area contributed by atoms with Crippen molar-refractivity contribution in [1.82, 2.24) is 24.8 Å². The molecule has 2 aliphatic heterocycles. The van der Waals surface area contributed by atoms with Gasteiger partial charge in [-0.05, 0) is 30.2 Å². The molecule has 0 radical (unpaired) electrons. The highest BCUT2D eigenvalue weighted by Crippen LogP contribution is 2.41. The van der Waals surface area contributed by atoms with Crippen LogP contribution >= 0.6 is 23.2 Å². The van der Waals surface area contributed by atoms with Crippen LogP contribution in [0.1, 0.15) is 33.0 Å². The van der Waals surface area contributed by atoms with Crippen molar-refractivity contribution in [2.24, 2.45) is 0 Å². The minimum atomic E-state index is -0.354. The van der Waals surface area contributed by atoms with E-state index in [1.165, 1.54) is 0 Å². The molecule has 0 unspecified atom stereocenters. The first-order valence-corrected chi connectivity index (χ1v) is 15.5. The summed E-state index contributed by atoms with van der Waals surface area (Å²) in [5.74, 6) is 0.0411. The molecule has 2 aromatic heterocycles. The lowest BCUT2D eigenvalue weighted by molar-refractivity contribution is -0.00403. The highest BCUT2D eigenvalue weighted by Gasteiger charge is 2.27. The Morgan fingerprint density at radius 3 is 2.53 bits per heavy atom. The molecule has 0 spiro atoms. The number of benzene rings is 2. The second-order valence-electron chi connectivity index (χ2n) is 11.3. The number of amides is 1. The number of aliphatic hydroxyl groups is 2. The molecule has 234 valence electrons. The highest BCUT2D eigenvalue weighted by molar-refractivity contribution is 6.39. The van der Waals surface area contributed by atoms with E-state index in [1.54, 1.807) is 25.4 Å². The number of likely N-dealkylation sites (tertiary alicyclic amines) is 1. The summed E-state index contributed by atoms with van der Waals surface area (Å²) in [4.78, 5) is 31.6. The number of hydrogen-bond acceptors (Lipinski definition) is 9. The number of aliphatic hydroxyl groups excluding tert-OH is 2. The molecular formula is C33H34Cl2N6O4. The zero-order valence-electron chi connectivity index (χ0n) is 25.1. The maximum absolute atomic E-state index is 13.4. The monoisotopic (exact) mass is 648 g/mol. The van der Waals surface area contributed by atoms with Crippen LogP contribution < -0.4 is 10.1 Å².